The van der Waals surface area contributed by atoms with Gasteiger partial charge in [-0.15, -0.1) is 11.3 Å². The predicted molar refractivity (Wildman–Crippen MR) is 74.6 cm³/mol. The van der Waals surface area contributed by atoms with Crippen molar-refractivity contribution in [2.45, 2.75) is 12.2 Å². The van der Waals surface area contributed by atoms with Crippen LogP contribution in [0.25, 0.3) is 11.1 Å². The maximum Gasteiger partial charge on any atom is 0.115 e. The van der Waals surface area contributed by atoms with Gasteiger partial charge in [-0.3, -0.25) is 0 Å². The third-order valence-corrected chi connectivity index (χ3v) is 3.95. The van der Waals surface area contributed by atoms with Crippen molar-refractivity contribution in [1.82, 2.24) is 0 Å². The summed E-state index contributed by atoms with van der Waals surface area (Å²) in [7, 11) is 0. The van der Waals surface area contributed by atoms with E-state index in [2.05, 4.69) is 12.6 Å². The Labute approximate surface area is 110 Å². The van der Waals surface area contributed by atoms with Gasteiger partial charge in [0.25, 0.3) is 0 Å². The fraction of sp³-hybridized carbons (Fsp3) is 0.231. The zero-order valence-electron chi connectivity index (χ0n) is 9.15. The number of thiophene rings is 1. The van der Waals surface area contributed by atoms with E-state index in [1.165, 1.54) is 11.3 Å². The standard InChI is InChI=1S/C13H14O2S2/c14-11(7-16)13(15)12-6-10(8-17-12)9-4-2-1-3-5-9/h1-6,8,11,13-16H,7H2. The first-order chi connectivity index (χ1) is 8.22. The molecular weight excluding hydrogens is 252 g/mol. The van der Waals surface area contributed by atoms with Crippen LogP contribution in [-0.2, 0) is 0 Å². The minimum Gasteiger partial charge on any atom is -0.389 e. The van der Waals surface area contributed by atoms with Crippen LogP contribution < -0.4 is 0 Å². The fourth-order valence-corrected chi connectivity index (χ4v) is 2.74. The Morgan fingerprint density at radius 3 is 2.47 bits per heavy atom. The van der Waals surface area contributed by atoms with Gasteiger partial charge in [-0.25, -0.2) is 0 Å². The maximum absolute atomic E-state index is 9.86. The molecule has 0 fully saturated rings. The summed E-state index contributed by atoms with van der Waals surface area (Å²) >= 11 is 5.43. The number of rotatable bonds is 4. The van der Waals surface area contributed by atoms with Crippen LogP contribution in [0, 0.1) is 0 Å². The van der Waals surface area contributed by atoms with Gasteiger partial charge in [0.05, 0.1) is 6.10 Å². The van der Waals surface area contributed by atoms with E-state index in [9.17, 15) is 10.2 Å². The van der Waals surface area contributed by atoms with Crippen LogP contribution in [-0.4, -0.2) is 22.1 Å². The SMILES string of the molecule is OC(CS)C(O)c1cc(-c2ccccc2)cs1. The van der Waals surface area contributed by atoms with Crippen molar-refractivity contribution >= 4 is 24.0 Å². The van der Waals surface area contributed by atoms with E-state index in [-0.39, 0.29) is 5.75 Å². The monoisotopic (exact) mass is 266 g/mol. The van der Waals surface area contributed by atoms with Crippen LogP contribution in [0.4, 0.5) is 0 Å². The lowest BCUT2D eigenvalue weighted by Crippen LogP contribution is -2.18. The molecule has 2 aromatic rings. The Morgan fingerprint density at radius 2 is 1.82 bits per heavy atom. The van der Waals surface area contributed by atoms with Gasteiger partial charge in [0.15, 0.2) is 0 Å². The zero-order chi connectivity index (χ0) is 12.3. The number of hydrogen-bond acceptors (Lipinski definition) is 4. The third-order valence-electron chi connectivity index (χ3n) is 2.57. The van der Waals surface area contributed by atoms with Crippen LogP contribution in [0.15, 0.2) is 41.8 Å². The van der Waals surface area contributed by atoms with Gasteiger partial charge in [-0.2, -0.15) is 12.6 Å². The molecule has 90 valence electrons. The topological polar surface area (TPSA) is 40.5 Å². The van der Waals surface area contributed by atoms with Crippen LogP contribution in [0.5, 0.6) is 0 Å². The number of aliphatic hydroxyl groups excluding tert-OH is 2. The minimum atomic E-state index is -0.852. The summed E-state index contributed by atoms with van der Waals surface area (Å²) in [6.45, 7) is 0. The van der Waals surface area contributed by atoms with Crippen LogP contribution in [0.1, 0.15) is 11.0 Å². The first-order valence-corrected chi connectivity index (χ1v) is 6.84. The molecule has 0 aliphatic rings. The average molecular weight is 266 g/mol. The molecule has 1 aromatic heterocycles. The second-order valence-electron chi connectivity index (χ2n) is 3.80. The molecule has 0 saturated carbocycles. The van der Waals surface area contributed by atoms with Gasteiger partial charge in [0.2, 0.25) is 0 Å². The van der Waals surface area contributed by atoms with Crippen molar-refractivity contribution in [3.8, 4) is 11.1 Å². The molecular formula is C13H14O2S2. The molecule has 1 heterocycles. The van der Waals surface area contributed by atoms with E-state index in [0.717, 1.165) is 16.0 Å². The molecule has 4 heteroatoms. The molecule has 1 aromatic carbocycles. The highest BCUT2D eigenvalue weighted by atomic mass is 32.1. The smallest absolute Gasteiger partial charge is 0.115 e. The van der Waals surface area contributed by atoms with Crippen molar-refractivity contribution in [2.24, 2.45) is 0 Å². The number of thiol groups is 1. The van der Waals surface area contributed by atoms with E-state index in [4.69, 9.17) is 0 Å². The summed E-state index contributed by atoms with van der Waals surface area (Å²) in [5.74, 6) is 0.250. The highest BCUT2D eigenvalue weighted by Gasteiger charge is 2.18. The molecule has 0 radical (unpaired) electrons. The molecule has 17 heavy (non-hydrogen) atoms. The highest BCUT2D eigenvalue weighted by molar-refractivity contribution is 7.80. The van der Waals surface area contributed by atoms with E-state index in [1.54, 1.807) is 0 Å². The van der Waals surface area contributed by atoms with Crippen LogP contribution in [0.3, 0.4) is 0 Å². The molecule has 0 saturated heterocycles. The van der Waals surface area contributed by atoms with E-state index in [1.807, 2.05) is 41.8 Å². The fourth-order valence-electron chi connectivity index (χ4n) is 1.58. The molecule has 2 N–H and O–H groups in total. The van der Waals surface area contributed by atoms with Crippen molar-refractivity contribution in [3.63, 3.8) is 0 Å². The second kappa shape index (κ2) is 5.69. The molecule has 0 aliphatic heterocycles. The maximum atomic E-state index is 9.86. The first kappa shape index (κ1) is 12.6. The Kier molecular flexibility index (Phi) is 4.23. The lowest BCUT2D eigenvalue weighted by molar-refractivity contribution is 0.0361. The van der Waals surface area contributed by atoms with Crippen LogP contribution in [0.2, 0.25) is 0 Å². The molecule has 2 unspecified atom stereocenters. The highest BCUT2D eigenvalue weighted by Crippen LogP contribution is 2.30. The van der Waals surface area contributed by atoms with Crippen molar-refractivity contribution in [3.05, 3.63) is 46.7 Å². The van der Waals surface area contributed by atoms with Gasteiger partial charge >= 0.3 is 0 Å². The Hall–Kier alpha value is -0.810. The summed E-state index contributed by atoms with van der Waals surface area (Å²) in [5, 5.41) is 21.4. The Balaban J connectivity index is 2.22. The Bertz CT molecular complexity index is 467. The second-order valence-corrected chi connectivity index (χ2v) is 5.11. The van der Waals surface area contributed by atoms with Gasteiger partial charge in [0.1, 0.15) is 6.10 Å². The number of aliphatic hydroxyl groups is 2. The lowest BCUT2D eigenvalue weighted by atomic mass is 10.1. The van der Waals surface area contributed by atoms with Crippen molar-refractivity contribution in [2.75, 3.05) is 5.75 Å². The molecule has 0 aliphatic carbocycles. The molecule has 0 amide bonds. The average Bonchev–Trinajstić information content (AvgIpc) is 2.87. The Morgan fingerprint density at radius 1 is 1.12 bits per heavy atom. The van der Waals surface area contributed by atoms with Crippen molar-refractivity contribution < 1.29 is 10.2 Å². The number of benzene rings is 1. The third kappa shape index (κ3) is 2.90. The summed E-state index contributed by atoms with van der Waals surface area (Å²) < 4.78 is 0. The normalized spacial score (nSPS) is 14.5. The van der Waals surface area contributed by atoms with E-state index >= 15 is 0 Å². The molecule has 0 spiro atoms. The molecule has 2 rings (SSSR count). The van der Waals surface area contributed by atoms with Gasteiger partial charge in [-0.05, 0) is 22.6 Å². The summed E-state index contributed by atoms with van der Waals surface area (Å²) in [5.41, 5.74) is 2.18. The summed E-state index contributed by atoms with van der Waals surface area (Å²) in [6, 6.07) is 11.9. The van der Waals surface area contributed by atoms with Crippen LogP contribution >= 0.6 is 24.0 Å². The van der Waals surface area contributed by atoms with Crippen molar-refractivity contribution in [1.29, 1.82) is 0 Å². The summed E-state index contributed by atoms with van der Waals surface area (Å²) in [4.78, 5) is 0.769. The largest absolute Gasteiger partial charge is 0.389 e. The molecule has 0 bridgehead atoms. The predicted octanol–water partition coefficient (Wildman–Crippen LogP) is 2.74. The zero-order valence-corrected chi connectivity index (χ0v) is 10.9. The van der Waals surface area contributed by atoms with Gasteiger partial charge < -0.3 is 10.2 Å². The van der Waals surface area contributed by atoms with Gasteiger partial charge in [-0.1, -0.05) is 30.3 Å². The van der Waals surface area contributed by atoms with Gasteiger partial charge in [0, 0.05) is 10.6 Å². The number of hydrogen-bond donors (Lipinski definition) is 3. The molecule has 2 nitrogen and oxygen atoms in total. The quantitative estimate of drug-likeness (QED) is 0.745. The van der Waals surface area contributed by atoms with E-state index in [0.29, 0.717) is 0 Å². The van der Waals surface area contributed by atoms with E-state index < -0.39 is 12.2 Å². The first-order valence-electron chi connectivity index (χ1n) is 5.33. The summed E-state index contributed by atoms with van der Waals surface area (Å²) in [6.07, 6.45) is -1.67. The molecule has 2 atom stereocenters. The lowest BCUT2D eigenvalue weighted by Gasteiger charge is -2.13. The minimum absolute atomic E-state index is 0.250.